The van der Waals surface area contributed by atoms with Gasteiger partial charge in [-0.3, -0.25) is 9.59 Å². The molecule has 2 saturated heterocycles. The first-order chi connectivity index (χ1) is 11.6. The van der Waals surface area contributed by atoms with Crippen molar-refractivity contribution in [2.45, 2.75) is 19.3 Å². The highest BCUT2D eigenvalue weighted by Crippen LogP contribution is 2.31. The normalized spacial score (nSPS) is 18.7. The molecule has 0 unspecified atom stereocenters. The number of rotatable bonds is 2. The summed E-state index contributed by atoms with van der Waals surface area (Å²) in [6, 6.07) is 5.59. The molecule has 0 bridgehead atoms. The molecule has 0 saturated carbocycles. The van der Waals surface area contributed by atoms with Crippen molar-refractivity contribution in [1.29, 1.82) is 0 Å². The predicted octanol–water partition coefficient (Wildman–Crippen LogP) is 3.45. The van der Waals surface area contributed by atoms with Crippen LogP contribution < -0.4 is 4.90 Å². The van der Waals surface area contributed by atoms with Gasteiger partial charge in [-0.1, -0.05) is 17.7 Å². The molecule has 3 rings (SSSR count). The molecular weight excluding hydrogens is 349 g/mol. The van der Waals surface area contributed by atoms with Crippen molar-refractivity contribution in [2.24, 2.45) is 0 Å². The van der Waals surface area contributed by atoms with Gasteiger partial charge in [-0.25, -0.2) is 0 Å². The second-order valence-electron chi connectivity index (χ2n) is 6.22. The highest BCUT2D eigenvalue weighted by molar-refractivity contribution is 6.62. The van der Waals surface area contributed by atoms with Crippen LogP contribution >= 0.6 is 23.2 Å². The zero-order valence-electron chi connectivity index (χ0n) is 13.5. The van der Waals surface area contributed by atoms with Gasteiger partial charge in [0, 0.05) is 39.3 Å². The monoisotopic (exact) mass is 369 g/mol. The van der Waals surface area contributed by atoms with Crippen molar-refractivity contribution in [2.75, 3.05) is 44.2 Å². The number of halogens is 2. The van der Waals surface area contributed by atoms with Crippen LogP contribution in [0.3, 0.4) is 0 Å². The van der Waals surface area contributed by atoms with Gasteiger partial charge < -0.3 is 14.7 Å². The van der Waals surface area contributed by atoms with Crippen molar-refractivity contribution in [1.82, 2.24) is 9.80 Å². The van der Waals surface area contributed by atoms with Crippen LogP contribution in [0.25, 0.3) is 0 Å². The molecule has 2 amide bonds. The lowest BCUT2D eigenvalue weighted by Crippen LogP contribution is -2.47. The van der Waals surface area contributed by atoms with E-state index in [1.54, 1.807) is 11.0 Å². The van der Waals surface area contributed by atoms with Crippen molar-refractivity contribution < 1.29 is 9.59 Å². The summed E-state index contributed by atoms with van der Waals surface area (Å²) in [5.41, 5.74) is 1.41. The van der Waals surface area contributed by atoms with Gasteiger partial charge in [-0.2, -0.15) is 0 Å². The number of benzene rings is 1. The Kier molecular flexibility index (Phi) is 5.51. The minimum atomic E-state index is -0.422. The molecule has 0 aromatic heterocycles. The Labute approximate surface area is 152 Å². The van der Waals surface area contributed by atoms with Crippen LogP contribution in [0.5, 0.6) is 0 Å². The summed E-state index contributed by atoms with van der Waals surface area (Å²) in [5, 5.41) is 0.0773. The Morgan fingerprint density at radius 2 is 1.54 bits per heavy atom. The number of carbonyl (C=O) groups excluding carboxylic acids is 2. The molecule has 1 aromatic carbocycles. The van der Waals surface area contributed by atoms with Gasteiger partial charge in [0.2, 0.25) is 0 Å². The number of carbonyl (C=O) groups is 2. The van der Waals surface area contributed by atoms with E-state index in [2.05, 4.69) is 4.90 Å². The largest absolute Gasteiger partial charge is 0.367 e. The van der Waals surface area contributed by atoms with Gasteiger partial charge >= 0.3 is 5.37 Å². The number of likely N-dealkylation sites (tertiary alicyclic amines) is 1. The van der Waals surface area contributed by atoms with Crippen molar-refractivity contribution >= 4 is 40.2 Å². The fraction of sp³-hybridized carbons (Fsp3) is 0.529. The van der Waals surface area contributed by atoms with Crippen LogP contribution in [0, 0.1) is 0 Å². The molecule has 0 N–H and O–H groups in total. The molecule has 2 aliphatic rings. The number of nitrogens with zero attached hydrogens (tertiary/aromatic N) is 3. The molecular formula is C17H21Cl2N3O2. The first-order valence-electron chi connectivity index (χ1n) is 8.35. The minimum Gasteiger partial charge on any atom is -0.367 e. The topological polar surface area (TPSA) is 43.9 Å². The predicted molar refractivity (Wildman–Crippen MR) is 96.2 cm³/mol. The maximum absolute atomic E-state index is 12.7. The Bertz CT molecular complexity index is 624. The summed E-state index contributed by atoms with van der Waals surface area (Å²) in [6.45, 7) is 4.02. The molecule has 0 atom stereocenters. The van der Waals surface area contributed by atoms with Gasteiger partial charge in [-0.15, -0.1) is 0 Å². The molecule has 130 valence electrons. The van der Waals surface area contributed by atoms with E-state index in [9.17, 15) is 9.59 Å². The second kappa shape index (κ2) is 7.62. The third kappa shape index (κ3) is 3.62. The number of piperazine rings is 1. The molecule has 0 aliphatic carbocycles. The molecule has 5 nitrogen and oxygen atoms in total. The van der Waals surface area contributed by atoms with E-state index in [0.717, 1.165) is 31.6 Å². The lowest BCUT2D eigenvalue weighted by molar-refractivity contribution is 0.0724. The van der Waals surface area contributed by atoms with Crippen LogP contribution in [0.1, 0.15) is 29.6 Å². The summed E-state index contributed by atoms with van der Waals surface area (Å²) in [4.78, 5) is 29.6. The van der Waals surface area contributed by atoms with Gasteiger partial charge in [-0.05, 0) is 43.0 Å². The Morgan fingerprint density at radius 1 is 0.875 bits per heavy atom. The van der Waals surface area contributed by atoms with E-state index < -0.39 is 5.37 Å². The zero-order chi connectivity index (χ0) is 17.1. The van der Waals surface area contributed by atoms with Gasteiger partial charge in [0.1, 0.15) is 0 Å². The van der Waals surface area contributed by atoms with Crippen LogP contribution in [-0.2, 0) is 0 Å². The fourth-order valence-corrected chi connectivity index (χ4v) is 3.82. The maximum atomic E-state index is 12.7. The summed E-state index contributed by atoms with van der Waals surface area (Å²) < 4.78 is 0. The Balaban J connectivity index is 1.76. The third-order valence-electron chi connectivity index (χ3n) is 4.72. The molecule has 24 heavy (non-hydrogen) atoms. The highest BCUT2D eigenvalue weighted by Gasteiger charge is 2.25. The first-order valence-corrected chi connectivity index (χ1v) is 9.10. The van der Waals surface area contributed by atoms with Crippen LogP contribution in [0.15, 0.2) is 18.2 Å². The molecule has 2 fully saturated rings. The van der Waals surface area contributed by atoms with Crippen molar-refractivity contribution in [3.63, 3.8) is 0 Å². The van der Waals surface area contributed by atoms with E-state index in [0.29, 0.717) is 36.8 Å². The molecule has 1 aromatic rings. The average molecular weight is 370 g/mol. The van der Waals surface area contributed by atoms with Crippen molar-refractivity contribution in [3.05, 3.63) is 28.8 Å². The molecule has 0 spiro atoms. The summed E-state index contributed by atoms with van der Waals surface area (Å²) >= 11 is 12.1. The van der Waals surface area contributed by atoms with E-state index in [-0.39, 0.29) is 5.91 Å². The quantitative estimate of drug-likeness (QED) is 0.592. The van der Waals surface area contributed by atoms with Crippen LogP contribution in [0.4, 0.5) is 10.5 Å². The molecule has 7 heteroatoms. The molecule has 0 radical (unpaired) electrons. The van der Waals surface area contributed by atoms with E-state index in [4.69, 9.17) is 23.2 Å². The number of hydrogen-bond acceptors (Lipinski definition) is 3. The third-order valence-corrected chi connectivity index (χ3v) is 5.36. The Hall–Kier alpha value is -1.46. The average Bonchev–Trinajstić information content (AvgIpc) is 2.62. The second-order valence-corrected chi connectivity index (χ2v) is 6.92. The maximum Gasteiger partial charge on any atom is 0.316 e. The van der Waals surface area contributed by atoms with Gasteiger partial charge in [0.15, 0.2) is 0 Å². The summed E-state index contributed by atoms with van der Waals surface area (Å²) in [5.74, 6) is 0.0103. The molecule has 2 aliphatic heterocycles. The smallest absolute Gasteiger partial charge is 0.316 e. The first kappa shape index (κ1) is 17.4. The Morgan fingerprint density at radius 3 is 2.17 bits per heavy atom. The van der Waals surface area contributed by atoms with Gasteiger partial charge in [0.25, 0.3) is 5.91 Å². The van der Waals surface area contributed by atoms with E-state index in [1.165, 1.54) is 6.42 Å². The highest BCUT2D eigenvalue weighted by atomic mass is 35.5. The van der Waals surface area contributed by atoms with E-state index in [1.807, 2.05) is 17.0 Å². The lowest BCUT2D eigenvalue weighted by atomic mass is 10.1. The SMILES string of the molecule is O=C(Cl)N1CCN(c2cccc(C(=O)N3CCCCC3)c2Cl)CC1. The summed E-state index contributed by atoms with van der Waals surface area (Å²) in [7, 11) is 0. The lowest BCUT2D eigenvalue weighted by Gasteiger charge is -2.35. The standard InChI is InChI=1S/C17H21Cl2N3O2/c18-15-13(16(23)21-7-2-1-3-8-21)5-4-6-14(15)20-9-11-22(12-10-20)17(19)24/h4-6H,1-3,7-12H2. The molecule has 2 heterocycles. The van der Waals surface area contributed by atoms with Crippen molar-refractivity contribution in [3.8, 4) is 0 Å². The number of hydrogen-bond donors (Lipinski definition) is 0. The van der Waals surface area contributed by atoms with Crippen LogP contribution in [-0.4, -0.2) is 60.3 Å². The minimum absolute atomic E-state index is 0.0103. The zero-order valence-corrected chi connectivity index (χ0v) is 15.0. The number of piperidine rings is 1. The van der Waals surface area contributed by atoms with Crippen LogP contribution in [0.2, 0.25) is 5.02 Å². The van der Waals surface area contributed by atoms with E-state index >= 15 is 0 Å². The fourth-order valence-electron chi connectivity index (χ4n) is 3.32. The number of amides is 2. The summed E-state index contributed by atoms with van der Waals surface area (Å²) in [6.07, 6.45) is 3.29. The number of anilines is 1. The van der Waals surface area contributed by atoms with Gasteiger partial charge in [0.05, 0.1) is 16.3 Å².